The molecule has 0 spiro atoms. The second kappa shape index (κ2) is 6.45. The summed E-state index contributed by atoms with van der Waals surface area (Å²) >= 11 is 5.95. The zero-order valence-electron chi connectivity index (χ0n) is 11.0. The largest absolute Gasteiger partial charge is 0.384 e. The maximum Gasteiger partial charge on any atom is 0.144 e. The minimum Gasteiger partial charge on any atom is -0.384 e. The first-order chi connectivity index (χ1) is 8.67. The molecule has 5 heteroatoms. The summed E-state index contributed by atoms with van der Waals surface area (Å²) in [5, 5.41) is 0.534. The Bertz CT molecular complexity index is 372. The third-order valence-corrected chi connectivity index (χ3v) is 3.54. The van der Waals surface area contributed by atoms with Gasteiger partial charge in [-0.25, -0.2) is 9.97 Å². The highest BCUT2D eigenvalue weighted by Crippen LogP contribution is 2.18. The van der Waals surface area contributed by atoms with Gasteiger partial charge in [0.05, 0.1) is 6.54 Å². The van der Waals surface area contributed by atoms with Gasteiger partial charge >= 0.3 is 0 Å². The van der Waals surface area contributed by atoms with E-state index in [1.54, 1.807) is 13.2 Å². The Morgan fingerprint density at radius 2 is 2.11 bits per heavy atom. The molecule has 0 N–H and O–H groups in total. The Labute approximate surface area is 113 Å². The lowest BCUT2D eigenvalue weighted by molar-refractivity contribution is 0.0957. The van der Waals surface area contributed by atoms with Crippen molar-refractivity contribution in [3.8, 4) is 0 Å². The first-order valence-electron chi connectivity index (χ1n) is 6.38. The Kier molecular flexibility index (Phi) is 4.92. The van der Waals surface area contributed by atoms with E-state index in [1.165, 1.54) is 12.8 Å². The Morgan fingerprint density at radius 3 is 2.72 bits per heavy atom. The third kappa shape index (κ3) is 3.90. The fraction of sp³-hybridized carbons (Fsp3) is 0.692. The number of nitrogens with zero attached hydrogens (tertiary/aromatic N) is 3. The number of aryl methyl sites for hydroxylation is 1. The van der Waals surface area contributed by atoms with E-state index in [2.05, 4.69) is 14.9 Å². The van der Waals surface area contributed by atoms with Crippen LogP contribution in [0.1, 0.15) is 24.4 Å². The average Bonchev–Trinajstić information content (AvgIpc) is 2.31. The van der Waals surface area contributed by atoms with Gasteiger partial charge < -0.3 is 4.74 Å². The van der Waals surface area contributed by atoms with Gasteiger partial charge in [-0.05, 0) is 44.8 Å². The van der Waals surface area contributed by atoms with Crippen molar-refractivity contribution in [1.82, 2.24) is 14.9 Å². The Morgan fingerprint density at radius 1 is 1.39 bits per heavy atom. The molecule has 1 fully saturated rings. The predicted molar refractivity (Wildman–Crippen MR) is 71.7 cm³/mol. The predicted octanol–water partition coefficient (Wildman–Crippen LogP) is 2.30. The molecule has 2 heterocycles. The van der Waals surface area contributed by atoms with Crippen LogP contribution in [0.15, 0.2) is 6.07 Å². The van der Waals surface area contributed by atoms with E-state index in [0.29, 0.717) is 11.1 Å². The number of rotatable bonds is 4. The summed E-state index contributed by atoms with van der Waals surface area (Å²) in [6, 6.07) is 1.79. The Hall–Kier alpha value is -0.710. The maximum absolute atomic E-state index is 5.95. The molecule has 0 atom stereocenters. The van der Waals surface area contributed by atoms with E-state index in [-0.39, 0.29) is 0 Å². The quantitative estimate of drug-likeness (QED) is 0.786. The number of piperidine rings is 1. The lowest BCUT2D eigenvalue weighted by Crippen LogP contribution is -2.35. The van der Waals surface area contributed by atoms with E-state index < -0.39 is 0 Å². The van der Waals surface area contributed by atoms with Gasteiger partial charge in [0.2, 0.25) is 0 Å². The molecule has 1 saturated heterocycles. The molecule has 1 aromatic heterocycles. The molecule has 0 unspecified atom stereocenters. The lowest BCUT2D eigenvalue weighted by Gasteiger charge is -2.31. The molecule has 0 radical (unpaired) electrons. The van der Waals surface area contributed by atoms with Crippen molar-refractivity contribution < 1.29 is 4.74 Å². The summed E-state index contributed by atoms with van der Waals surface area (Å²) in [4.78, 5) is 11.1. The van der Waals surface area contributed by atoms with Crippen LogP contribution in [0.25, 0.3) is 0 Å². The normalized spacial score (nSPS) is 18.2. The van der Waals surface area contributed by atoms with Crippen molar-refractivity contribution in [2.75, 3.05) is 26.8 Å². The highest BCUT2D eigenvalue weighted by Gasteiger charge is 2.19. The molecule has 0 aliphatic carbocycles. The first kappa shape index (κ1) is 13.7. The zero-order valence-corrected chi connectivity index (χ0v) is 11.8. The number of ether oxygens (including phenoxy) is 1. The maximum atomic E-state index is 5.95. The number of hydrogen-bond acceptors (Lipinski definition) is 4. The minimum atomic E-state index is 0.534. The van der Waals surface area contributed by atoms with E-state index in [0.717, 1.165) is 37.8 Å². The molecule has 1 aliphatic heterocycles. The molecule has 0 saturated carbocycles. The van der Waals surface area contributed by atoms with Crippen molar-refractivity contribution in [1.29, 1.82) is 0 Å². The second-order valence-corrected chi connectivity index (χ2v) is 5.31. The second-order valence-electron chi connectivity index (χ2n) is 4.92. The van der Waals surface area contributed by atoms with Crippen molar-refractivity contribution >= 4 is 11.6 Å². The number of methoxy groups -OCH3 is 1. The van der Waals surface area contributed by atoms with Crippen LogP contribution in [-0.2, 0) is 11.3 Å². The SMILES string of the molecule is COCC1CCN(Cc2nc(C)cc(Cl)n2)CC1. The van der Waals surface area contributed by atoms with Gasteiger partial charge in [0.25, 0.3) is 0 Å². The zero-order chi connectivity index (χ0) is 13.0. The fourth-order valence-electron chi connectivity index (χ4n) is 2.41. The molecule has 4 nitrogen and oxygen atoms in total. The smallest absolute Gasteiger partial charge is 0.144 e. The molecule has 1 aromatic rings. The van der Waals surface area contributed by atoms with Gasteiger partial charge in [-0.3, -0.25) is 4.90 Å². The van der Waals surface area contributed by atoms with Crippen molar-refractivity contribution in [2.24, 2.45) is 5.92 Å². The molecule has 0 aromatic carbocycles. The van der Waals surface area contributed by atoms with Gasteiger partial charge in [-0.15, -0.1) is 0 Å². The van der Waals surface area contributed by atoms with E-state index in [1.807, 2.05) is 6.92 Å². The standard InChI is InChI=1S/C13H20ClN3O/c1-10-7-12(14)16-13(15-10)8-17-5-3-11(4-6-17)9-18-2/h7,11H,3-6,8-9H2,1-2H3. The van der Waals surface area contributed by atoms with E-state index in [9.17, 15) is 0 Å². The van der Waals surface area contributed by atoms with Crippen LogP contribution in [0.4, 0.5) is 0 Å². The van der Waals surface area contributed by atoms with Gasteiger partial charge in [0, 0.05) is 19.4 Å². The van der Waals surface area contributed by atoms with Gasteiger partial charge in [0.15, 0.2) is 0 Å². The monoisotopic (exact) mass is 269 g/mol. The van der Waals surface area contributed by atoms with Crippen LogP contribution in [-0.4, -0.2) is 41.7 Å². The summed E-state index contributed by atoms with van der Waals surface area (Å²) < 4.78 is 5.21. The summed E-state index contributed by atoms with van der Waals surface area (Å²) in [6.45, 7) is 5.79. The molecule has 1 aliphatic rings. The van der Waals surface area contributed by atoms with Crippen LogP contribution in [0.3, 0.4) is 0 Å². The molecule has 0 amide bonds. The van der Waals surface area contributed by atoms with Gasteiger partial charge in [-0.2, -0.15) is 0 Å². The fourth-order valence-corrected chi connectivity index (χ4v) is 2.66. The molecule has 18 heavy (non-hydrogen) atoms. The first-order valence-corrected chi connectivity index (χ1v) is 6.76. The van der Waals surface area contributed by atoms with Crippen LogP contribution in [0, 0.1) is 12.8 Å². The third-order valence-electron chi connectivity index (χ3n) is 3.34. The molecular weight excluding hydrogens is 250 g/mol. The topological polar surface area (TPSA) is 38.2 Å². The van der Waals surface area contributed by atoms with Crippen molar-refractivity contribution in [3.63, 3.8) is 0 Å². The van der Waals surface area contributed by atoms with Crippen LogP contribution in [0.5, 0.6) is 0 Å². The lowest BCUT2D eigenvalue weighted by atomic mass is 9.98. The average molecular weight is 270 g/mol. The van der Waals surface area contributed by atoms with Crippen molar-refractivity contribution in [2.45, 2.75) is 26.3 Å². The molecule has 100 valence electrons. The van der Waals surface area contributed by atoms with Gasteiger partial charge in [-0.1, -0.05) is 11.6 Å². The summed E-state index contributed by atoms with van der Waals surface area (Å²) in [5.74, 6) is 1.53. The number of hydrogen-bond donors (Lipinski definition) is 0. The Balaban J connectivity index is 1.87. The van der Waals surface area contributed by atoms with Crippen molar-refractivity contribution in [3.05, 3.63) is 22.7 Å². The van der Waals surface area contributed by atoms with Crippen LogP contribution < -0.4 is 0 Å². The highest BCUT2D eigenvalue weighted by atomic mass is 35.5. The summed E-state index contributed by atoms with van der Waals surface area (Å²) in [6.07, 6.45) is 2.38. The summed E-state index contributed by atoms with van der Waals surface area (Å²) in [5.41, 5.74) is 0.930. The molecule has 0 bridgehead atoms. The summed E-state index contributed by atoms with van der Waals surface area (Å²) in [7, 11) is 1.77. The molecule has 2 rings (SSSR count). The van der Waals surface area contributed by atoms with Gasteiger partial charge in [0.1, 0.15) is 11.0 Å². The number of aromatic nitrogens is 2. The number of likely N-dealkylation sites (tertiary alicyclic amines) is 1. The molecular formula is C13H20ClN3O. The van der Waals surface area contributed by atoms with E-state index >= 15 is 0 Å². The van der Waals surface area contributed by atoms with E-state index in [4.69, 9.17) is 16.3 Å². The van der Waals surface area contributed by atoms with Crippen LogP contribution >= 0.6 is 11.6 Å². The van der Waals surface area contributed by atoms with Crippen LogP contribution in [0.2, 0.25) is 5.15 Å². The number of halogens is 1. The highest BCUT2D eigenvalue weighted by molar-refractivity contribution is 6.29. The minimum absolute atomic E-state index is 0.534.